The fraction of sp³-hybridized carbons (Fsp3) is 0.650. The van der Waals surface area contributed by atoms with E-state index in [0.29, 0.717) is 5.56 Å². The molecule has 32 heavy (non-hydrogen) atoms. The Labute approximate surface area is 183 Å². The summed E-state index contributed by atoms with van der Waals surface area (Å²) in [5.41, 5.74) is 0.487. The maximum absolute atomic E-state index is 10.3. The molecule has 2 fully saturated rings. The summed E-state index contributed by atoms with van der Waals surface area (Å²) in [6.45, 7) is -1.14. The van der Waals surface area contributed by atoms with Crippen LogP contribution in [0.3, 0.4) is 0 Å². The summed E-state index contributed by atoms with van der Waals surface area (Å²) in [6, 6.07) is 10.3. The van der Waals surface area contributed by atoms with Crippen molar-refractivity contribution in [3.05, 3.63) is 35.9 Å². The molecule has 1 aromatic carbocycles. The van der Waals surface area contributed by atoms with E-state index in [1.54, 1.807) is 30.3 Å². The van der Waals surface area contributed by atoms with Crippen LogP contribution >= 0.6 is 0 Å². The van der Waals surface area contributed by atoms with E-state index in [4.69, 9.17) is 18.9 Å². The number of ether oxygens (including phenoxy) is 4. The van der Waals surface area contributed by atoms with Crippen LogP contribution < -0.4 is 0 Å². The van der Waals surface area contributed by atoms with Crippen molar-refractivity contribution in [3.63, 3.8) is 0 Å². The Morgan fingerprint density at radius 2 is 1.38 bits per heavy atom. The Kier molecular flexibility index (Phi) is 8.50. The third-order valence-electron chi connectivity index (χ3n) is 5.43. The van der Waals surface area contributed by atoms with Crippen LogP contribution in [0.15, 0.2) is 30.3 Å². The van der Waals surface area contributed by atoms with Gasteiger partial charge in [0, 0.05) is 0 Å². The predicted octanol–water partition coefficient (Wildman–Crippen LogP) is -3.11. The van der Waals surface area contributed by atoms with Crippen molar-refractivity contribution in [1.29, 1.82) is 5.26 Å². The van der Waals surface area contributed by atoms with Crippen molar-refractivity contribution in [3.8, 4) is 6.07 Å². The van der Waals surface area contributed by atoms with Gasteiger partial charge in [-0.05, 0) is 5.56 Å². The number of aliphatic hydroxyl groups excluding tert-OH is 7. The highest BCUT2D eigenvalue weighted by Crippen LogP contribution is 2.28. The molecule has 2 aliphatic rings. The molecule has 0 saturated carbocycles. The molecule has 1 aromatic rings. The van der Waals surface area contributed by atoms with Gasteiger partial charge in [0.05, 0.1) is 19.3 Å². The number of rotatable bonds is 7. The number of hydrogen-bond donors (Lipinski definition) is 7. The molecule has 12 nitrogen and oxygen atoms in total. The fourth-order valence-electron chi connectivity index (χ4n) is 3.51. The first-order valence-corrected chi connectivity index (χ1v) is 10.00. The number of aliphatic hydroxyl groups is 7. The van der Waals surface area contributed by atoms with Crippen molar-refractivity contribution < 1.29 is 54.7 Å². The van der Waals surface area contributed by atoms with E-state index >= 15 is 0 Å². The van der Waals surface area contributed by atoms with Gasteiger partial charge in [0.1, 0.15) is 48.8 Å². The van der Waals surface area contributed by atoms with Gasteiger partial charge in [-0.1, -0.05) is 30.3 Å². The second kappa shape index (κ2) is 10.9. The highest BCUT2D eigenvalue weighted by Gasteiger charge is 2.48. The van der Waals surface area contributed by atoms with E-state index in [1.807, 2.05) is 6.07 Å². The second-order valence-corrected chi connectivity index (χ2v) is 7.60. The SMILES string of the molecule is N#C[C@@H](O[C@H]1O[C@@H](CO[C@@H]2O[C@H](CO)[C@@H](O)[C@@H](O)[C@@H]2O)[C@H](O)[C@@H](O)[C@@H]1O)c1ccccc1. The molecule has 2 saturated heterocycles. The van der Waals surface area contributed by atoms with Crippen molar-refractivity contribution in [2.45, 2.75) is 67.5 Å². The van der Waals surface area contributed by atoms with E-state index in [9.17, 15) is 41.0 Å². The van der Waals surface area contributed by atoms with Gasteiger partial charge in [0.15, 0.2) is 18.7 Å². The van der Waals surface area contributed by atoms with Crippen LogP contribution in [0, 0.1) is 11.3 Å². The Balaban J connectivity index is 1.65. The molecule has 12 heteroatoms. The van der Waals surface area contributed by atoms with Crippen LogP contribution in [-0.2, 0) is 18.9 Å². The zero-order valence-electron chi connectivity index (χ0n) is 16.9. The lowest BCUT2D eigenvalue weighted by molar-refractivity contribution is -0.334. The Morgan fingerprint density at radius 1 is 0.812 bits per heavy atom. The lowest BCUT2D eigenvalue weighted by atomic mass is 9.98. The minimum Gasteiger partial charge on any atom is -0.394 e. The Hall–Kier alpha value is -1.73. The van der Waals surface area contributed by atoms with Crippen LogP contribution in [0.5, 0.6) is 0 Å². The second-order valence-electron chi connectivity index (χ2n) is 7.60. The first-order valence-electron chi connectivity index (χ1n) is 10.00. The van der Waals surface area contributed by atoms with Crippen LogP contribution in [0.25, 0.3) is 0 Å². The molecule has 0 aromatic heterocycles. The van der Waals surface area contributed by atoms with Gasteiger partial charge in [0.2, 0.25) is 0 Å². The monoisotopic (exact) mass is 457 g/mol. The van der Waals surface area contributed by atoms with Gasteiger partial charge in [-0.2, -0.15) is 5.26 Å². The van der Waals surface area contributed by atoms with Gasteiger partial charge in [-0.25, -0.2) is 0 Å². The first-order chi connectivity index (χ1) is 15.3. The minimum atomic E-state index is -1.70. The quantitative estimate of drug-likeness (QED) is 0.218. The molecule has 0 unspecified atom stereocenters. The molecule has 2 aliphatic heterocycles. The van der Waals surface area contributed by atoms with Crippen LogP contribution in [0.1, 0.15) is 11.7 Å². The highest BCUT2D eigenvalue weighted by atomic mass is 16.7. The molecule has 178 valence electrons. The van der Waals surface area contributed by atoms with Gasteiger partial charge in [0.25, 0.3) is 0 Å². The smallest absolute Gasteiger partial charge is 0.188 e. The molecular formula is C20H27NO11. The molecular weight excluding hydrogens is 430 g/mol. The lowest BCUT2D eigenvalue weighted by Crippen LogP contribution is -2.61. The fourth-order valence-corrected chi connectivity index (χ4v) is 3.51. The normalized spacial score (nSPS) is 41.1. The molecule has 0 radical (unpaired) electrons. The molecule has 2 heterocycles. The van der Waals surface area contributed by atoms with Crippen LogP contribution in [-0.4, -0.2) is 110 Å². The molecule has 0 amide bonds. The molecule has 7 N–H and O–H groups in total. The minimum absolute atomic E-state index is 0.487. The number of nitriles is 1. The third kappa shape index (κ3) is 5.25. The van der Waals surface area contributed by atoms with Gasteiger partial charge in [-0.3, -0.25) is 0 Å². The molecule has 0 aliphatic carbocycles. The third-order valence-corrected chi connectivity index (χ3v) is 5.43. The Bertz CT molecular complexity index is 760. The average molecular weight is 457 g/mol. The van der Waals surface area contributed by atoms with Gasteiger partial charge in [-0.15, -0.1) is 0 Å². The summed E-state index contributed by atoms with van der Waals surface area (Å²) in [4.78, 5) is 0. The maximum Gasteiger partial charge on any atom is 0.188 e. The van der Waals surface area contributed by atoms with E-state index in [0.717, 1.165) is 0 Å². The summed E-state index contributed by atoms with van der Waals surface area (Å²) in [5.74, 6) is 0. The van der Waals surface area contributed by atoms with E-state index in [1.165, 1.54) is 0 Å². The highest BCUT2D eigenvalue weighted by molar-refractivity contribution is 5.22. The summed E-state index contributed by atoms with van der Waals surface area (Å²) in [7, 11) is 0. The van der Waals surface area contributed by atoms with E-state index in [2.05, 4.69) is 0 Å². The molecule has 11 atom stereocenters. The number of nitrogens with zero attached hydrogens (tertiary/aromatic N) is 1. The van der Waals surface area contributed by atoms with Crippen molar-refractivity contribution in [1.82, 2.24) is 0 Å². The number of hydrogen-bond acceptors (Lipinski definition) is 12. The van der Waals surface area contributed by atoms with Crippen LogP contribution in [0.4, 0.5) is 0 Å². The first kappa shape index (κ1) is 24.9. The summed E-state index contributed by atoms with van der Waals surface area (Å²) in [6.07, 6.45) is -16.5. The molecule has 3 rings (SSSR count). The van der Waals surface area contributed by atoms with Gasteiger partial charge >= 0.3 is 0 Å². The van der Waals surface area contributed by atoms with E-state index < -0.39 is 80.7 Å². The summed E-state index contributed by atoms with van der Waals surface area (Å²) < 4.78 is 21.6. The molecule has 0 spiro atoms. The van der Waals surface area contributed by atoms with Crippen molar-refractivity contribution in [2.24, 2.45) is 0 Å². The number of benzene rings is 1. The standard InChI is InChI=1S/C20H27NO11/c21-6-10(9-4-2-1-3-5-9)30-20-18(28)16(26)14(24)12(32-20)8-29-19-17(27)15(25)13(23)11(7-22)31-19/h1-5,10-20,22-28H,7-8H2/t10-,11-,12+,13-,14+,15-,16-,17+,18+,19-,20+/m1/s1. The largest absolute Gasteiger partial charge is 0.394 e. The average Bonchev–Trinajstić information content (AvgIpc) is 2.81. The zero-order chi connectivity index (χ0) is 23.4. The summed E-state index contributed by atoms with van der Waals surface area (Å²) >= 11 is 0. The van der Waals surface area contributed by atoms with Crippen molar-refractivity contribution in [2.75, 3.05) is 13.2 Å². The maximum atomic E-state index is 10.3. The van der Waals surface area contributed by atoms with E-state index in [-0.39, 0.29) is 0 Å². The Morgan fingerprint density at radius 3 is 1.97 bits per heavy atom. The van der Waals surface area contributed by atoms with Crippen LogP contribution in [0.2, 0.25) is 0 Å². The lowest BCUT2D eigenvalue weighted by Gasteiger charge is -2.43. The van der Waals surface area contributed by atoms with Gasteiger partial charge < -0.3 is 54.7 Å². The summed E-state index contributed by atoms with van der Waals surface area (Å²) in [5, 5.41) is 79.1. The van der Waals surface area contributed by atoms with Crippen molar-refractivity contribution >= 4 is 0 Å². The predicted molar refractivity (Wildman–Crippen MR) is 102 cm³/mol. The zero-order valence-corrected chi connectivity index (χ0v) is 16.9. The molecule has 0 bridgehead atoms. The topological polar surface area (TPSA) is 202 Å².